The number of aromatic nitrogens is 1. The molecule has 0 aromatic carbocycles. The van der Waals surface area contributed by atoms with Gasteiger partial charge < -0.3 is 10.0 Å². The predicted molar refractivity (Wildman–Crippen MR) is 79.4 cm³/mol. The molecule has 1 aromatic heterocycles. The molecule has 1 rings (SSSR count). The van der Waals surface area contributed by atoms with Crippen molar-refractivity contribution in [2.75, 3.05) is 11.4 Å². The van der Waals surface area contributed by atoms with E-state index in [-0.39, 0.29) is 6.61 Å². The molecule has 1 N–H and O–H groups in total. The van der Waals surface area contributed by atoms with Gasteiger partial charge in [-0.05, 0) is 25.7 Å². The molecule has 0 unspecified atom stereocenters. The van der Waals surface area contributed by atoms with Gasteiger partial charge in [-0.15, -0.1) is 0 Å². The number of thiazole rings is 1. The van der Waals surface area contributed by atoms with E-state index in [1.807, 2.05) is 0 Å². The molecule has 0 saturated carbocycles. The van der Waals surface area contributed by atoms with E-state index in [0.717, 1.165) is 22.2 Å². The van der Waals surface area contributed by atoms with Crippen molar-refractivity contribution in [3.63, 3.8) is 0 Å². The van der Waals surface area contributed by atoms with Crippen LogP contribution in [0.15, 0.2) is 0 Å². The minimum Gasteiger partial charge on any atom is -0.391 e. The van der Waals surface area contributed by atoms with E-state index in [0.29, 0.717) is 17.9 Å². The van der Waals surface area contributed by atoms with Crippen molar-refractivity contribution in [3.05, 3.63) is 10.6 Å². The van der Waals surface area contributed by atoms with Gasteiger partial charge in [0.1, 0.15) is 0 Å². The van der Waals surface area contributed by atoms with Crippen molar-refractivity contribution in [2.45, 2.75) is 60.1 Å². The molecule has 4 heteroatoms. The lowest BCUT2D eigenvalue weighted by molar-refractivity contribution is 0.283. The number of aliphatic hydroxyl groups is 1. The zero-order valence-electron chi connectivity index (χ0n) is 12.4. The summed E-state index contributed by atoms with van der Waals surface area (Å²) in [5.41, 5.74) is 1.05. The van der Waals surface area contributed by atoms with Crippen molar-refractivity contribution in [1.82, 2.24) is 4.98 Å². The summed E-state index contributed by atoms with van der Waals surface area (Å²) in [5.74, 6) is 0.974. The Morgan fingerprint density at radius 2 is 1.78 bits per heavy atom. The third-order valence-electron chi connectivity index (χ3n) is 2.84. The number of rotatable bonds is 6. The number of hydrogen-bond acceptors (Lipinski definition) is 4. The zero-order valence-corrected chi connectivity index (χ0v) is 13.2. The maximum Gasteiger partial charge on any atom is 0.186 e. The Balaban J connectivity index is 3.05. The molecule has 0 atom stereocenters. The Kier molecular flexibility index (Phi) is 5.60. The van der Waals surface area contributed by atoms with E-state index in [2.05, 4.69) is 46.4 Å². The Morgan fingerprint density at radius 3 is 2.11 bits per heavy atom. The fraction of sp³-hybridized carbons (Fsp3) is 0.786. The van der Waals surface area contributed by atoms with Crippen LogP contribution < -0.4 is 4.90 Å². The smallest absolute Gasteiger partial charge is 0.186 e. The summed E-state index contributed by atoms with van der Waals surface area (Å²) < 4.78 is 0. The van der Waals surface area contributed by atoms with Gasteiger partial charge in [0, 0.05) is 12.6 Å². The van der Waals surface area contributed by atoms with E-state index < -0.39 is 0 Å². The van der Waals surface area contributed by atoms with Crippen LogP contribution in [-0.2, 0) is 6.61 Å². The lowest BCUT2D eigenvalue weighted by atomic mass is 10.1. The Labute approximate surface area is 115 Å². The van der Waals surface area contributed by atoms with E-state index >= 15 is 0 Å². The Morgan fingerprint density at radius 1 is 1.17 bits per heavy atom. The normalized spacial score (nSPS) is 11.9. The molecule has 0 aliphatic heterocycles. The lowest BCUT2D eigenvalue weighted by Crippen LogP contribution is -2.34. The third kappa shape index (κ3) is 3.69. The van der Waals surface area contributed by atoms with Crippen LogP contribution in [0, 0.1) is 5.92 Å². The fourth-order valence-corrected chi connectivity index (χ4v) is 3.16. The highest BCUT2D eigenvalue weighted by molar-refractivity contribution is 7.15. The first-order chi connectivity index (χ1) is 8.36. The summed E-state index contributed by atoms with van der Waals surface area (Å²) in [4.78, 5) is 8.08. The second-order valence-corrected chi connectivity index (χ2v) is 6.82. The summed E-state index contributed by atoms with van der Waals surface area (Å²) in [6, 6.07) is 0.435. The standard InChI is InChI=1S/C14H26N2OS/c1-9(2)7-16(11(5)6)14-15-13(10(3)4)12(8-17)18-14/h9-11,17H,7-8H2,1-6H3. The van der Waals surface area contributed by atoms with Gasteiger partial charge in [-0.25, -0.2) is 4.98 Å². The van der Waals surface area contributed by atoms with Gasteiger partial charge in [0.25, 0.3) is 0 Å². The second kappa shape index (κ2) is 6.53. The summed E-state index contributed by atoms with van der Waals surface area (Å²) in [6.07, 6.45) is 0. The molecule has 18 heavy (non-hydrogen) atoms. The minimum atomic E-state index is 0.0960. The molecule has 1 aromatic rings. The van der Waals surface area contributed by atoms with E-state index in [1.165, 1.54) is 0 Å². The minimum absolute atomic E-state index is 0.0960. The van der Waals surface area contributed by atoms with Crippen LogP contribution >= 0.6 is 11.3 Å². The zero-order chi connectivity index (χ0) is 13.9. The van der Waals surface area contributed by atoms with Crippen LogP contribution in [0.5, 0.6) is 0 Å². The first kappa shape index (κ1) is 15.4. The molecular formula is C14H26N2OS. The van der Waals surface area contributed by atoms with Gasteiger partial charge in [0.2, 0.25) is 0 Å². The first-order valence-corrected chi connectivity index (χ1v) is 7.55. The molecule has 0 amide bonds. The van der Waals surface area contributed by atoms with Gasteiger partial charge in [-0.2, -0.15) is 0 Å². The molecule has 0 radical (unpaired) electrons. The topological polar surface area (TPSA) is 36.4 Å². The maximum atomic E-state index is 9.43. The number of hydrogen-bond donors (Lipinski definition) is 1. The average Bonchev–Trinajstić information content (AvgIpc) is 2.68. The number of anilines is 1. The summed E-state index contributed by atoms with van der Waals surface area (Å²) >= 11 is 1.63. The molecule has 3 nitrogen and oxygen atoms in total. The summed E-state index contributed by atoms with van der Waals surface area (Å²) in [7, 11) is 0. The molecule has 0 bridgehead atoms. The van der Waals surface area contributed by atoms with Gasteiger partial charge in [0.15, 0.2) is 5.13 Å². The number of nitrogens with zero attached hydrogens (tertiary/aromatic N) is 2. The Hall–Kier alpha value is -0.610. The Bertz CT molecular complexity index is 372. The van der Waals surface area contributed by atoms with E-state index in [4.69, 9.17) is 4.98 Å². The first-order valence-electron chi connectivity index (χ1n) is 6.73. The van der Waals surface area contributed by atoms with Crippen molar-refractivity contribution in [2.24, 2.45) is 5.92 Å². The highest BCUT2D eigenvalue weighted by Gasteiger charge is 2.20. The molecule has 0 fully saturated rings. The summed E-state index contributed by atoms with van der Waals surface area (Å²) in [6.45, 7) is 14.2. The fourth-order valence-electron chi connectivity index (χ4n) is 1.94. The van der Waals surface area contributed by atoms with Crippen LogP contribution in [0.3, 0.4) is 0 Å². The monoisotopic (exact) mass is 270 g/mol. The lowest BCUT2D eigenvalue weighted by Gasteiger charge is -2.27. The third-order valence-corrected chi connectivity index (χ3v) is 3.93. The number of aliphatic hydroxyl groups excluding tert-OH is 1. The molecule has 0 spiro atoms. The van der Waals surface area contributed by atoms with Crippen molar-refractivity contribution < 1.29 is 5.11 Å². The second-order valence-electron chi connectivity index (χ2n) is 5.76. The van der Waals surface area contributed by atoms with E-state index in [9.17, 15) is 5.11 Å². The van der Waals surface area contributed by atoms with Crippen molar-refractivity contribution in [3.8, 4) is 0 Å². The van der Waals surface area contributed by atoms with Crippen LogP contribution in [0.2, 0.25) is 0 Å². The molecule has 0 saturated heterocycles. The molecule has 104 valence electrons. The van der Waals surface area contributed by atoms with Crippen molar-refractivity contribution >= 4 is 16.5 Å². The SMILES string of the molecule is CC(C)CN(c1nc(C(C)C)c(CO)s1)C(C)C. The van der Waals surface area contributed by atoms with Crippen LogP contribution in [-0.4, -0.2) is 22.7 Å². The van der Waals surface area contributed by atoms with E-state index in [1.54, 1.807) is 11.3 Å². The highest BCUT2D eigenvalue weighted by atomic mass is 32.1. The molecule has 1 heterocycles. The summed E-state index contributed by atoms with van der Waals surface area (Å²) in [5, 5.41) is 10.5. The van der Waals surface area contributed by atoms with Gasteiger partial charge in [0.05, 0.1) is 17.2 Å². The molecule has 0 aliphatic carbocycles. The predicted octanol–water partition coefficient (Wildman–Crippen LogP) is 3.63. The van der Waals surface area contributed by atoms with Crippen LogP contribution in [0.25, 0.3) is 0 Å². The molecular weight excluding hydrogens is 244 g/mol. The van der Waals surface area contributed by atoms with Gasteiger partial charge in [-0.3, -0.25) is 0 Å². The largest absolute Gasteiger partial charge is 0.391 e. The molecule has 0 aliphatic rings. The quantitative estimate of drug-likeness (QED) is 0.857. The van der Waals surface area contributed by atoms with Crippen LogP contribution in [0.4, 0.5) is 5.13 Å². The average molecular weight is 270 g/mol. The van der Waals surface area contributed by atoms with Crippen LogP contribution in [0.1, 0.15) is 58.0 Å². The maximum absolute atomic E-state index is 9.43. The van der Waals surface area contributed by atoms with Crippen molar-refractivity contribution in [1.29, 1.82) is 0 Å². The van der Waals surface area contributed by atoms with Gasteiger partial charge in [-0.1, -0.05) is 39.0 Å². The highest BCUT2D eigenvalue weighted by Crippen LogP contribution is 2.32. The van der Waals surface area contributed by atoms with Gasteiger partial charge >= 0.3 is 0 Å².